The van der Waals surface area contributed by atoms with Crippen molar-refractivity contribution in [1.82, 2.24) is 5.32 Å². The fraction of sp³-hybridized carbons (Fsp3) is 0.619. The van der Waals surface area contributed by atoms with Crippen LogP contribution in [0.1, 0.15) is 64.9 Å². The van der Waals surface area contributed by atoms with E-state index in [9.17, 15) is 14.0 Å². The number of alkyl halides is 1. The van der Waals surface area contributed by atoms with Gasteiger partial charge in [0.05, 0.1) is 12.5 Å². The summed E-state index contributed by atoms with van der Waals surface area (Å²) in [6, 6.07) is 7.67. The molecule has 0 saturated carbocycles. The second-order valence-corrected chi connectivity index (χ2v) is 6.39. The normalized spacial score (nSPS) is 21.3. The van der Waals surface area contributed by atoms with Crippen LogP contribution in [0.25, 0.3) is 0 Å². The molecule has 152 valence electrons. The molecule has 1 aromatic carbocycles. The maximum Gasteiger partial charge on any atom is 0.234 e. The van der Waals surface area contributed by atoms with Crippen LogP contribution < -0.4 is 10.2 Å². The summed E-state index contributed by atoms with van der Waals surface area (Å²) >= 11 is 0. The van der Waals surface area contributed by atoms with Crippen LogP contribution in [-0.4, -0.2) is 42.3 Å². The standard InChI is InChI=1S/C17H21FN2O3.2C2H6/c18-17(11-21)7-9-20(10-8-17)13-3-1-12(2-4-13)14-5-6-15(22)19-16(14)23;2*1-2/h1-4,14,21H,5-11H2,(H,19,22,23);2*1-2H3. The molecule has 3 rings (SSSR count). The fourth-order valence-electron chi connectivity index (χ4n) is 3.25. The molecule has 0 aliphatic carbocycles. The number of carbonyl (C=O) groups is 2. The van der Waals surface area contributed by atoms with Gasteiger partial charge >= 0.3 is 0 Å². The number of imide groups is 1. The summed E-state index contributed by atoms with van der Waals surface area (Å²) in [6.45, 7) is 8.71. The van der Waals surface area contributed by atoms with Crippen molar-refractivity contribution in [2.75, 3.05) is 24.6 Å². The van der Waals surface area contributed by atoms with Crippen molar-refractivity contribution in [3.63, 3.8) is 0 Å². The zero-order chi connectivity index (χ0) is 20.4. The molecule has 2 heterocycles. The molecular formula is C21H33FN2O3. The summed E-state index contributed by atoms with van der Waals surface area (Å²) < 4.78 is 14.0. The Hall–Kier alpha value is -1.95. The number of halogens is 1. The topological polar surface area (TPSA) is 69.6 Å². The average molecular weight is 381 g/mol. The van der Waals surface area contributed by atoms with E-state index in [1.165, 1.54) is 0 Å². The first kappa shape index (κ1) is 23.1. The van der Waals surface area contributed by atoms with Crippen LogP contribution in [0.4, 0.5) is 10.1 Å². The molecule has 0 spiro atoms. The molecule has 1 unspecified atom stereocenters. The van der Waals surface area contributed by atoms with E-state index in [1.807, 2.05) is 52.0 Å². The van der Waals surface area contributed by atoms with Gasteiger partial charge in [0, 0.05) is 38.0 Å². The van der Waals surface area contributed by atoms with Gasteiger partial charge in [0.2, 0.25) is 11.8 Å². The first-order chi connectivity index (χ1) is 13.0. The van der Waals surface area contributed by atoms with Crippen molar-refractivity contribution in [3.05, 3.63) is 29.8 Å². The summed E-state index contributed by atoms with van der Waals surface area (Å²) in [5.41, 5.74) is 0.426. The maximum atomic E-state index is 14.0. The number of carbonyl (C=O) groups excluding carboxylic acids is 2. The fourth-order valence-corrected chi connectivity index (χ4v) is 3.25. The Morgan fingerprint density at radius 3 is 2.15 bits per heavy atom. The van der Waals surface area contributed by atoms with Gasteiger partial charge in [-0.3, -0.25) is 14.9 Å². The highest BCUT2D eigenvalue weighted by Crippen LogP contribution is 2.31. The van der Waals surface area contributed by atoms with Gasteiger partial charge in [-0.05, 0) is 24.1 Å². The Balaban J connectivity index is 0.000000855. The Kier molecular flexibility index (Phi) is 9.43. The molecule has 1 aromatic rings. The highest BCUT2D eigenvalue weighted by molar-refractivity contribution is 6.00. The quantitative estimate of drug-likeness (QED) is 0.787. The highest BCUT2D eigenvalue weighted by Gasteiger charge is 2.34. The number of aliphatic hydroxyl groups is 1. The van der Waals surface area contributed by atoms with E-state index in [2.05, 4.69) is 10.2 Å². The number of aliphatic hydroxyl groups excluding tert-OH is 1. The lowest BCUT2D eigenvalue weighted by Gasteiger charge is -2.36. The third-order valence-corrected chi connectivity index (χ3v) is 4.84. The molecule has 2 aliphatic rings. The lowest BCUT2D eigenvalue weighted by molar-refractivity contribution is -0.134. The molecule has 0 radical (unpaired) electrons. The first-order valence-electron chi connectivity index (χ1n) is 9.99. The summed E-state index contributed by atoms with van der Waals surface area (Å²) in [7, 11) is 0. The third kappa shape index (κ3) is 6.03. The minimum atomic E-state index is -1.46. The van der Waals surface area contributed by atoms with Crippen LogP contribution in [0.15, 0.2) is 24.3 Å². The number of piperidine rings is 2. The number of benzene rings is 1. The van der Waals surface area contributed by atoms with Gasteiger partial charge in [-0.15, -0.1) is 0 Å². The van der Waals surface area contributed by atoms with Gasteiger partial charge < -0.3 is 10.0 Å². The largest absolute Gasteiger partial charge is 0.393 e. The van der Waals surface area contributed by atoms with Crippen molar-refractivity contribution in [1.29, 1.82) is 0 Å². The number of hydrogen-bond donors (Lipinski definition) is 2. The lowest BCUT2D eigenvalue weighted by atomic mass is 9.90. The number of nitrogens with zero attached hydrogens (tertiary/aromatic N) is 1. The SMILES string of the molecule is CC.CC.O=C1CCC(c2ccc(N3CCC(F)(CO)CC3)cc2)C(=O)N1. The van der Waals surface area contributed by atoms with Crippen LogP contribution >= 0.6 is 0 Å². The van der Waals surface area contributed by atoms with Crippen LogP contribution in [0.3, 0.4) is 0 Å². The zero-order valence-corrected chi connectivity index (χ0v) is 16.9. The van der Waals surface area contributed by atoms with Gasteiger partial charge in [0.15, 0.2) is 0 Å². The molecule has 2 saturated heterocycles. The molecule has 1 atom stereocenters. The monoisotopic (exact) mass is 380 g/mol. The Bertz CT molecular complexity index is 596. The van der Waals surface area contributed by atoms with Crippen molar-refractivity contribution >= 4 is 17.5 Å². The second kappa shape index (κ2) is 11.0. The van der Waals surface area contributed by atoms with E-state index in [4.69, 9.17) is 5.11 Å². The highest BCUT2D eigenvalue weighted by atomic mass is 19.1. The molecule has 0 aromatic heterocycles. The molecule has 5 nitrogen and oxygen atoms in total. The van der Waals surface area contributed by atoms with Crippen LogP contribution in [0.2, 0.25) is 0 Å². The maximum absolute atomic E-state index is 14.0. The molecule has 2 amide bonds. The van der Waals surface area contributed by atoms with E-state index in [0.717, 1.165) is 11.3 Å². The molecule has 27 heavy (non-hydrogen) atoms. The van der Waals surface area contributed by atoms with Crippen LogP contribution in [-0.2, 0) is 9.59 Å². The van der Waals surface area contributed by atoms with E-state index >= 15 is 0 Å². The zero-order valence-electron chi connectivity index (χ0n) is 16.9. The molecular weight excluding hydrogens is 347 g/mol. The lowest BCUT2D eigenvalue weighted by Crippen LogP contribution is -2.43. The first-order valence-corrected chi connectivity index (χ1v) is 9.99. The van der Waals surface area contributed by atoms with Gasteiger partial charge in [0.25, 0.3) is 0 Å². The number of rotatable bonds is 3. The molecule has 0 bridgehead atoms. The minimum absolute atomic E-state index is 0.213. The number of hydrogen-bond acceptors (Lipinski definition) is 4. The van der Waals surface area contributed by atoms with Gasteiger partial charge in [-0.2, -0.15) is 0 Å². The second-order valence-electron chi connectivity index (χ2n) is 6.39. The van der Waals surface area contributed by atoms with E-state index in [1.54, 1.807) is 0 Å². The van der Waals surface area contributed by atoms with Crippen molar-refractivity contribution < 1.29 is 19.1 Å². The molecule has 6 heteroatoms. The number of amides is 2. The summed E-state index contributed by atoms with van der Waals surface area (Å²) in [6.07, 6.45) is 1.54. The Morgan fingerprint density at radius 1 is 1.11 bits per heavy atom. The van der Waals surface area contributed by atoms with E-state index in [0.29, 0.717) is 38.8 Å². The number of nitrogens with one attached hydrogen (secondary N) is 1. The summed E-state index contributed by atoms with van der Waals surface area (Å²) in [5, 5.41) is 11.4. The smallest absolute Gasteiger partial charge is 0.234 e. The molecule has 2 fully saturated rings. The minimum Gasteiger partial charge on any atom is -0.393 e. The number of anilines is 1. The third-order valence-electron chi connectivity index (χ3n) is 4.84. The summed E-state index contributed by atoms with van der Waals surface area (Å²) in [4.78, 5) is 25.2. The van der Waals surface area contributed by atoms with E-state index < -0.39 is 12.3 Å². The van der Waals surface area contributed by atoms with Crippen molar-refractivity contribution in [2.24, 2.45) is 0 Å². The van der Waals surface area contributed by atoms with E-state index in [-0.39, 0.29) is 17.7 Å². The Morgan fingerprint density at radius 2 is 1.67 bits per heavy atom. The predicted molar refractivity (Wildman–Crippen MR) is 107 cm³/mol. The molecule has 2 N–H and O–H groups in total. The average Bonchev–Trinajstić information content (AvgIpc) is 2.72. The van der Waals surface area contributed by atoms with Gasteiger partial charge in [0.1, 0.15) is 5.67 Å². The Labute approximate surface area is 161 Å². The molecule has 2 aliphatic heterocycles. The van der Waals surface area contributed by atoms with Crippen LogP contribution in [0, 0.1) is 0 Å². The van der Waals surface area contributed by atoms with Gasteiger partial charge in [-0.1, -0.05) is 39.8 Å². The van der Waals surface area contributed by atoms with Crippen molar-refractivity contribution in [3.8, 4) is 0 Å². The predicted octanol–water partition coefficient (Wildman–Crippen LogP) is 3.56. The van der Waals surface area contributed by atoms with Crippen molar-refractivity contribution in [2.45, 2.75) is 65.0 Å². The van der Waals surface area contributed by atoms with Crippen LogP contribution in [0.5, 0.6) is 0 Å². The summed E-state index contributed by atoms with van der Waals surface area (Å²) in [5.74, 6) is -0.733. The van der Waals surface area contributed by atoms with Gasteiger partial charge in [-0.25, -0.2) is 4.39 Å².